The minimum atomic E-state index is -0.0891. The lowest BCUT2D eigenvalue weighted by atomic mass is 9.83. The molecule has 12 rings (SSSR count). The molecule has 0 saturated carbocycles. The molecule has 0 radical (unpaired) electrons. The Morgan fingerprint density at radius 2 is 0.684 bits per heavy atom. The minimum absolute atomic E-state index is 0.0139. The van der Waals surface area contributed by atoms with Crippen LogP contribution in [0.1, 0.15) is 105 Å². The van der Waals surface area contributed by atoms with Gasteiger partial charge in [-0.05, 0) is 148 Å². The maximum absolute atomic E-state index is 2.59. The largest absolute Gasteiger partial charge is 0.309 e. The lowest BCUT2D eigenvalue weighted by Gasteiger charge is -2.33. The van der Waals surface area contributed by atoms with Gasteiger partial charge in [0.2, 0.25) is 0 Å². The van der Waals surface area contributed by atoms with E-state index in [1.54, 1.807) is 0 Å². The molecule has 376 valence electrons. The van der Waals surface area contributed by atoms with Gasteiger partial charge in [0.05, 0.1) is 33.8 Å². The number of nitrogens with zero attached hydrogens (tertiary/aromatic N) is 2. The summed E-state index contributed by atoms with van der Waals surface area (Å²) in [7, 11) is 0. The summed E-state index contributed by atoms with van der Waals surface area (Å²) in [5.74, 6) is 0. The van der Waals surface area contributed by atoms with E-state index in [9.17, 15) is 0 Å². The van der Waals surface area contributed by atoms with E-state index >= 15 is 0 Å². The molecular formula is C74H70N2. The van der Waals surface area contributed by atoms with Crippen LogP contribution >= 0.6 is 0 Å². The van der Waals surface area contributed by atoms with Gasteiger partial charge in [0.25, 0.3) is 0 Å². The van der Waals surface area contributed by atoms with Crippen LogP contribution < -0.4 is 4.90 Å². The summed E-state index contributed by atoms with van der Waals surface area (Å²) in [6.07, 6.45) is 0. The van der Waals surface area contributed by atoms with Crippen LogP contribution in [-0.2, 0) is 21.7 Å². The molecule has 0 N–H and O–H groups in total. The highest BCUT2D eigenvalue weighted by Crippen LogP contribution is 2.52. The Bertz CT molecular complexity index is 4110. The van der Waals surface area contributed by atoms with Crippen molar-refractivity contribution in [1.82, 2.24) is 4.57 Å². The zero-order valence-corrected chi connectivity index (χ0v) is 46.5. The number of fused-ring (bicyclic) bond motifs is 3. The zero-order chi connectivity index (χ0) is 53.1. The van der Waals surface area contributed by atoms with Crippen LogP contribution in [0.4, 0.5) is 17.1 Å². The summed E-state index contributed by atoms with van der Waals surface area (Å²) in [6, 6.07) is 78.6. The van der Waals surface area contributed by atoms with Crippen molar-refractivity contribution >= 4 is 71.2 Å². The summed E-state index contributed by atoms with van der Waals surface area (Å²) in [5, 5.41) is 10.1. The summed E-state index contributed by atoms with van der Waals surface area (Å²) < 4.78 is 2.54. The lowest BCUT2D eigenvalue weighted by Crippen LogP contribution is -2.17. The molecule has 1 heterocycles. The number of anilines is 3. The summed E-state index contributed by atoms with van der Waals surface area (Å²) in [4.78, 5) is 2.59. The third-order valence-electron chi connectivity index (χ3n) is 16.2. The second-order valence-electron chi connectivity index (χ2n) is 25.5. The van der Waals surface area contributed by atoms with Crippen molar-refractivity contribution in [3.8, 4) is 39.1 Å². The van der Waals surface area contributed by atoms with Crippen molar-refractivity contribution in [3.05, 3.63) is 229 Å². The van der Waals surface area contributed by atoms with Gasteiger partial charge in [-0.15, -0.1) is 0 Å². The first-order valence-corrected chi connectivity index (χ1v) is 27.3. The smallest absolute Gasteiger partial charge is 0.0541 e. The molecule has 0 fully saturated rings. The van der Waals surface area contributed by atoms with Crippen LogP contribution in [0.3, 0.4) is 0 Å². The van der Waals surface area contributed by atoms with Gasteiger partial charge in [0.1, 0.15) is 0 Å². The molecule has 0 spiro atoms. The Labute approximate surface area is 450 Å². The van der Waals surface area contributed by atoms with E-state index in [1.165, 1.54) is 115 Å². The molecule has 0 saturated heterocycles. The van der Waals surface area contributed by atoms with Crippen LogP contribution in [0.2, 0.25) is 0 Å². The predicted molar refractivity (Wildman–Crippen MR) is 330 cm³/mol. The Morgan fingerprint density at radius 3 is 1.22 bits per heavy atom. The van der Waals surface area contributed by atoms with E-state index in [0.717, 1.165) is 17.1 Å². The molecule has 76 heavy (non-hydrogen) atoms. The van der Waals surface area contributed by atoms with E-state index in [0.29, 0.717) is 0 Å². The minimum Gasteiger partial charge on any atom is -0.309 e. The van der Waals surface area contributed by atoms with Crippen LogP contribution in [0.15, 0.2) is 206 Å². The summed E-state index contributed by atoms with van der Waals surface area (Å²) in [5.41, 5.74) is 19.4. The SMILES string of the molecule is CC(C)(C)c1ccc(N(c2ccc(C(C)(C)C)cc2-c2ccccc2-c2ccccc2)c2ccc3ccc4c(-n5c6ccc(C(C)(C)C)cc6c6cc(C(C)(C)C)ccc65)ccc5ccc2c3c54)c(-c2ccccc2)c1. The number of aromatic nitrogens is 1. The highest BCUT2D eigenvalue weighted by Gasteiger charge is 2.29. The molecule has 1 aromatic heterocycles. The Kier molecular flexibility index (Phi) is 11.5. The van der Waals surface area contributed by atoms with Gasteiger partial charge in [-0.25, -0.2) is 0 Å². The fourth-order valence-corrected chi connectivity index (χ4v) is 11.8. The molecule has 0 unspecified atom stereocenters. The number of rotatable bonds is 7. The summed E-state index contributed by atoms with van der Waals surface area (Å²) in [6.45, 7) is 27.8. The predicted octanol–water partition coefficient (Wildman–Crippen LogP) is 21.3. The molecular weight excluding hydrogens is 917 g/mol. The van der Waals surface area contributed by atoms with Gasteiger partial charge >= 0.3 is 0 Å². The van der Waals surface area contributed by atoms with E-state index in [1.807, 2.05) is 0 Å². The van der Waals surface area contributed by atoms with Crippen molar-refractivity contribution in [3.63, 3.8) is 0 Å². The van der Waals surface area contributed by atoms with Gasteiger partial charge < -0.3 is 9.47 Å². The molecule has 0 aliphatic rings. The number of hydrogen-bond acceptors (Lipinski definition) is 1. The Hall–Kier alpha value is -7.94. The monoisotopic (exact) mass is 987 g/mol. The summed E-state index contributed by atoms with van der Waals surface area (Å²) >= 11 is 0. The molecule has 0 aliphatic heterocycles. The van der Waals surface area contributed by atoms with Crippen molar-refractivity contribution in [2.75, 3.05) is 4.90 Å². The van der Waals surface area contributed by atoms with Crippen molar-refractivity contribution in [1.29, 1.82) is 0 Å². The van der Waals surface area contributed by atoms with Gasteiger partial charge in [0, 0.05) is 32.7 Å². The van der Waals surface area contributed by atoms with E-state index in [-0.39, 0.29) is 21.7 Å². The highest BCUT2D eigenvalue weighted by molar-refractivity contribution is 6.28. The second kappa shape index (κ2) is 17.8. The zero-order valence-electron chi connectivity index (χ0n) is 46.5. The normalized spacial score (nSPS) is 12.7. The van der Waals surface area contributed by atoms with E-state index < -0.39 is 0 Å². The van der Waals surface area contributed by atoms with Crippen LogP contribution in [0.25, 0.3) is 93.2 Å². The fraction of sp³-hybridized carbons (Fsp3) is 0.216. The van der Waals surface area contributed by atoms with Crippen molar-refractivity contribution in [2.45, 2.75) is 105 Å². The first-order valence-electron chi connectivity index (χ1n) is 27.3. The molecule has 0 amide bonds. The van der Waals surface area contributed by atoms with E-state index in [2.05, 4.69) is 299 Å². The topological polar surface area (TPSA) is 8.17 Å². The molecule has 12 aromatic rings. The third-order valence-corrected chi connectivity index (χ3v) is 16.2. The second-order valence-corrected chi connectivity index (χ2v) is 25.5. The van der Waals surface area contributed by atoms with Crippen LogP contribution in [0.5, 0.6) is 0 Å². The molecule has 0 aliphatic carbocycles. The van der Waals surface area contributed by atoms with Crippen molar-refractivity contribution in [2.24, 2.45) is 0 Å². The maximum atomic E-state index is 2.59. The number of benzene rings is 11. The van der Waals surface area contributed by atoms with Crippen LogP contribution in [-0.4, -0.2) is 4.57 Å². The van der Waals surface area contributed by atoms with Gasteiger partial charge in [-0.3, -0.25) is 0 Å². The van der Waals surface area contributed by atoms with Crippen molar-refractivity contribution < 1.29 is 0 Å². The molecule has 11 aromatic carbocycles. The van der Waals surface area contributed by atoms with Crippen LogP contribution in [0, 0.1) is 0 Å². The first-order chi connectivity index (χ1) is 36.2. The third kappa shape index (κ3) is 8.34. The first kappa shape index (κ1) is 49.0. The standard InChI is InChI=1S/C74H70N2/c1-71(2,3)51-31-39-65(59(43-51)48-23-17-14-18-24-48)75(66-40-32-52(72(4,5)6)44-60(66)56-26-20-19-25-55(56)47-21-15-13-16-22-47)63-37-29-49-28-36-58-64(38-30-50-27-35-57(63)69(49)70(50)58)76-67-41-33-53(73(7,8)9)45-61(67)62-46-54(74(10,11)12)34-42-68(62)76/h13-46H,1-12H3. The van der Waals surface area contributed by atoms with Gasteiger partial charge in [0.15, 0.2) is 0 Å². The average Bonchev–Trinajstić information content (AvgIpc) is 3.80. The molecule has 2 nitrogen and oxygen atoms in total. The molecule has 0 bridgehead atoms. The lowest BCUT2D eigenvalue weighted by molar-refractivity contribution is 0.590. The maximum Gasteiger partial charge on any atom is 0.0541 e. The Balaban J connectivity index is 1.18. The fourth-order valence-electron chi connectivity index (χ4n) is 11.8. The molecule has 2 heteroatoms. The van der Waals surface area contributed by atoms with Gasteiger partial charge in [-0.1, -0.05) is 229 Å². The van der Waals surface area contributed by atoms with Gasteiger partial charge in [-0.2, -0.15) is 0 Å². The number of hydrogen-bond donors (Lipinski definition) is 0. The highest BCUT2D eigenvalue weighted by atomic mass is 15.1. The Morgan fingerprint density at radius 1 is 0.289 bits per heavy atom. The average molecular weight is 987 g/mol. The molecule has 0 atom stereocenters. The van der Waals surface area contributed by atoms with E-state index in [4.69, 9.17) is 0 Å². The quantitative estimate of drug-likeness (QED) is 0.145.